The average molecular weight is 160 g/mol. The topological polar surface area (TPSA) is 57.5 Å². The van der Waals surface area contributed by atoms with E-state index in [1.165, 1.54) is 6.92 Å². The fourth-order valence-electron chi connectivity index (χ4n) is 0. The molecular formula is C8H16O3. The number of hydrogen-bond donors (Lipinski definition) is 2. The van der Waals surface area contributed by atoms with Gasteiger partial charge in [0.1, 0.15) is 0 Å². The Kier molecular flexibility index (Phi) is 5.71. The van der Waals surface area contributed by atoms with Crippen molar-refractivity contribution < 1.29 is 15.0 Å². The van der Waals surface area contributed by atoms with Crippen molar-refractivity contribution in [1.82, 2.24) is 0 Å². The third-order valence-electron chi connectivity index (χ3n) is 0.365. The summed E-state index contributed by atoms with van der Waals surface area (Å²) in [6.07, 6.45) is 0. The maximum absolute atomic E-state index is 9.60. The van der Waals surface area contributed by atoms with Crippen LogP contribution in [0.2, 0.25) is 0 Å². The summed E-state index contributed by atoms with van der Waals surface area (Å²) >= 11 is 0. The van der Waals surface area contributed by atoms with Crippen molar-refractivity contribution in [3.63, 3.8) is 0 Å². The van der Waals surface area contributed by atoms with Crippen molar-refractivity contribution in [3.05, 3.63) is 12.2 Å². The van der Waals surface area contributed by atoms with Gasteiger partial charge in [-0.3, -0.25) is 0 Å². The number of aliphatic hydroxyl groups is 1. The Morgan fingerprint density at radius 2 is 1.45 bits per heavy atom. The second-order valence-corrected chi connectivity index (χ2v) is 3.26. The molecule has 11 heavy (non-hydrogen) atoms. The summed E-state index contributed by atoms with van der Waals surface area (Å²) in [5, 5.41) is 16.4. The molecule has 0 saturated heterocycles. The van der Waals surface area contributed by atoms with Gasteiger partial charge in [-0.2, -0.15) is 0 Å². The molecule has 0 aromatic carbocycles. The minimum atomic E-state index is -0.935. The third-order valence-corrected chi connectivity index (χ3v) is 0.365. The van der Waals surface area contributed by atoms with Gasteiger partial charge in [-0.25, -0.2) is 4.79 Å². The van der Waals surface area contributed by atoms with Crippen molar-refractivity contribution in [2.24, 2.45) is 0 Å². The molecule has 0 fully saturated rings. The highest BCUT2D eigenvalue weighted by Gasteiger charge is 1.97. The van der Waals surface area contributed by atoms with Crippen LogP contribution in [-0.4, -0.2) is 21.8 Å². The molecule has 0 aliphatic carbocycles. The molecule has 0 aliphatic heterocycles. The molecule has 3 nitrogen and oxygen atoms in total. The lowest BCUT2D eigenvalue weighted by Gasteiger charge is -2.04. The normalized spacial score (nSPS) is 9.55. The predicted molar refractivity (Wildman–Crippen MR) is 44.4 cm³/mol. The van der Waals surface area contributed by atoms with Gasteiger partial charge < -0.3 is 10.2 Å². The minimum Gasteiger partial charge on any atom is -0.478 e. The number of carbonyl (C=O) groups is 1. The molecule has 0 saturated carbocycles. The summed E-state index contributed by atoms with van der Waals surface area (Å²) in [6.45, 7) is 9.83. The van der Waals surface area contributed by atoms with E-state index in [0.717, 1.165) is 0 Å². The van der Waals surface area contributed by atoms with Crippen LogP contribution >= 0.6 is 0 Å². The Balaban J connectivity index is 0. The molecule has 0 unspecified atom stereocenters. The van der Waals surface area contributed by atoms with E-state index >= 15 is 0 Å². The van der Waals surface area contributed by atoms with E-state index in [-0.39, 0.29) is 5.57 Å². The van der Waals surface area contributed by atoms with E-state index < -0.39 is 11.6 Å². The van der Waals surface area contributed by atoms with Gasteiger partial charge >= 0.3 is 5.97 Å². The molecule has 0 amide bonds. The van der Waals surface area contributed by atoms with E-state index in [0.29, 0.717) is 0 Å². The lowest BCUT2D eigenvalue weighted by molar-refractivity contribution is -0.132. The van der Waals surface area contributed by atoms with Crippen molar-refractivity contribution in [3.8, 4) is 0 Å². The Morgan fingerprint density at radius 3 is 1.45 bits per heavy atom. The first-order valence-electron chi connectivity index (χ1n) is 3.25. The molecule has 3 heteroatoms. The predicted octanol–water partition coefficient (Wildman–Crippen LogP) is 1.42. The molecule has 66 valence electrons. The van der Waals surface area contributed by atoms with Crippen LogP contribution in [0.4, 0.5) is 0 Å². The van der Waals surface area contributed by atoms with Crippen molar-refractivity contribution in [2.45, 2.75) is 33.3 Å². The van der Waals surface area contributed by atoms with Crippen molar-refractivity contribution in [1.29, 1.82) is 0 Å². The van der Waals surface area contributed by atoms with Gasteiger partial charge in [0.2, 0.25) is 0 Å². The lowest BCUT2D eigenvalue weighted by atomic mass is 10.2. The smallest absolute Gasteiger partial charge is 0.330 e. The summed E-state index contributed by atoms with van der Waals surface area (Å²) < 4.78 is 0. The standard InChI is InChI=1S/C4H6O2.C4H10O/c1-3(2)4(5)6;1-4(2,3)5/h1H2,2H3,(H,5,6);5H,1-3H3. The quantitative estimate of drug-likeness (QED) is 0.570. The Labute approximate surface area is 67.4 Å². The molecule has 0 heterocycles. The maximum Gasteiger partial charge on any atom is 0.330 e. The summed E-state index contributed by atoms with van der Waals surface area (Å²) in [4.78, 5) is 9.60. The van der Waals surface area contributed by atoms with Gasteiger partial charge in [0.05, 0.1) is 5.60 Å². The van der Waals surface area contributed by atoms with E-state index in [9.17, 15) is 4.79 Å². The molecule has 0 rings (SSSR count). The highest BCUT2D eigenvalue weighted by molar-refractivity contribution is 5.84. The van der Waals surface area contributed by atoms with E-state index in [1.54, 1.807) is 20.8 Å². The third kappa shape index (κ3) is 46.9. The van der Waals surface area contributed by atoms with Gasteiger partial charge in [-0.15, -0.1) is 0 Å². The maximum atomic E-state index is 9.60. The van der Waals surface area contributed by atoms with E-state index in [4.69, 9.17) is 10.2 Å². The summed E-state index contributed by atoms with van der Waals surface area (Å²) in [5.74, 6) is -0.935. The summed E-state index contributed by atoms with van der Waals surface area (Å²) in [7, 11) is 0. The van der Waals surface area contributed by atoms with Crippen LogP contribution in [0.15, 0.2) is 12.2 Å². The molecule has 0 radical (unpaired) electrons. The van der Waals surface area contributed by atoms with Crippen LogP contribution in [-0.2, 0) is 4.79 Å². The Bertz CT molecular complexity index is 124. The highest BCUT2D eigenvalue weighted by Crippen LogP contribution is 1.93. The van der Waals surface area contributed by atoms with Gasteiger partial charge in [0.25, 0.3) is 0 Å². The Morgan fingerprint density at radius 1 is 1.36 bits per heavy atom. The van der Waals surface area contributed by atoms with Crippen LogP contribution in [0.1, 0.15) is 27.7 Å². The fourth-order valence-corrected chi connectivity index (χ4v) is 0. The molecule has 0 bridgehead atoms. The fraction of sp³-hybridized carbons (Fsp3) is 0.625. The molecule has 0 atom stereocenters. The summed E-state index contributed by atoms with van der Waals surface area (Å²) in [6, 6.07) is 0. The minimum absolute atomic E-state index is 0.176. The van der Waals surface area contributed by atoms with Gasteiger partial charge in [-0.1, -0.05) is 6.58 Å². The first kappa shape index (κ1) is 12.8. The van der Waals surface area contributed by atoms with E-state index in [1.807, 2.05) is 0 Å². The largest absolute Gasteiger partial charge is 0.478 e. The molecule has 0 aromatic heterocycles. The van der Waals surface area contributed by atoms with E-state index in [2.05, 4.69) is 6.58 Å². The number of rotatable bonds is 1. The van der Waals surface area contributed by atoms with Crippen LogP contribution < -0.4 is 0 Å². The lowest BCUT2D eigenvalue weighted by Crippen LogP contribution is -2.10. The second-order valence-electron chi connectivity index (χ2n) is 3.26. The number of carboxylic acid groups (broad SMARTS) is 1. The van der Waals surface area contributed by atoms with Crippen LogP contribution in [0.25, 0.3) is 0 Å². The van der Waals surface area contributed by atoms with Crippen LogP contribution in [0.3, 0.4) is 0 Å². The van der Waals surface area contributed by atoms with Crippen molar-refractivity contribution >= 4 is 5.97 Å². The molecule has 2 N–H and O–H groups in total. The number of aliphatic carboxylic acids is 1. The zero-order chi connectivity index (χ0) is 9.65. The van der Waals surface area contributed by atoms with Gasteiger partial charge in [0, 0.05) is 5.57 Å². The monoisotopic (exact) mass is 160 g/mol. The molecule has 0 spiro atoms. The van der Waals surface area contributed by atoms with Crippen LogP contribution in [0, 0.1) is 0 Å². The second kappa shape index (κ2) is 4.91. The van der Waals surface area contributed by atoms with Gasteiger partial charge in [-0.05, 0) is 27.7 Å². The molecular weight excluding hydrogens is 144 g/mol. The van der Waals surface area contributed by atoms with Crippen molar-refractivity contribution in [2.75, 3.05) is 0 Å². The first-order chi connectivity index (χ1) is 4.64. The molecule has 0 aliphatic rings. The molecule has 0 aromatic rings. The number of hydrogen-bond acceptors (Lipinski definition) is 2. The zero-order valence-electron chi connectivity index (χ0n) is 7.51. The zero-order valence-corrected chi connectivity index (χ0v) is 7.51. The highest BCUT2D eigenvalue weighted by atomic mass is 16.4. The summed E-state index contributed by atoms with van der Waals surface area (Å²) in [5.41, 5.74) is -0.324. The van der Waals surface area contributed by atoms with Crippen LogP contribution in [0.5, 0.6) is 0 Å². The van der Waals surface area contributed by atoms with Gasteiger partial charge in [0.15, 0.2) is 0 Å². The SMILES string of the molecule is C=C(C)C(=O)O.CC(C)(C)O. The average Bonchev–Trinajstić information content (AvgIpc) is 1.59. The number of carboxylic acids is 1. The Hall–Kier alpha value is -0.830. The first-order valence-corrected chi connectivity index (χ1v) is 3.25.